The highest BCUT2D eigenvalue weighted by molar-refractivity contribution is 5.80. The predicted molar refractivity (Wildman–Crippen MR) is 113 cm³/mol. The molecule has 6 nitrogen and oxygen atoms in total. The van der Waals surface area contributed by atoms with Crippen LogP contribution in [0.4, 0.5) is 5.82 Å². The van der Waals surface area contributed by atoms with Crippen LogP contribution >= 0.6 is 0 Å². The van der Waals surface area contributed by atoms with Crippen LogP contribution in [0.3, 0.4) is 0 Å². The first kappa shape index (κ1) is 21.5. The zero-order chi connectivity index (χ0) is 19.7. The van der Waals surface area contributed by atoms with E-state index in [0.29, 0.717) is 18.0 Å². The minimum Gasteiger partial charge on any atom is -0.378 e. The lowest BCUT2D eigenvalue weighted by molar-refractivity contribution is 0.122. The van der Waals surface area contributed by atoms with Crippen LogP contribution in [-0.4, -0.2) is 49.8 Å². The summed E-state index contributed by atoms with van der Waals surface area (Å²) >= 11 is 0. The van der Waals surface area contributed by atoms with Gasteiger partial charge in [-0.25, -0.2) is 9.98 Å². The minimum absolute atomic E-state index is 0.355. The zero-order valence-electron chi connectivity index (χ0n) is 17.7. The molecular weight excluding hydrogens is 338 g/mol. The number of anilines is 1. The first-order chi connectivity index (χ1) is 12.9. The van der Waals surface area contributed by atoms with Crippen molar-refractivity contribution in [3.8, 4) is 0 Å². The number of aliphatic imine (C=N–C) groups is 1. The van der Waals surface area contributed by atoms with Crippen LogP contribution < -0.4 is 15.5 Å². The van der Waals surface area contributed by atoms with E-state index >= 15 is 0 Å². The van der Waals surface area contributed by atoms with Gasteiger partial charge in [-0.15, -0.1) is 0 Å². The topological polar surface area (TPSA) is 61.8 Å². The molecule has 1 unspecified atom stereocenters. The largest absolute Gasteiger partial charge is 0.378 e. The van der Waals surface area contributed by atoms with E-state index in [-0.39, 0.29) is 0 Å². The van der Waals surface area contributed by atoms with Crippen molar-refractivity contribution in [2.24, 2.45) is 10.4 Å². The molecule has 0 radical (unpaired) electrons. The van der Waals surface area contributed by atoms with Gasteiger partial charge in [0.15, 0.2) is 5.96 Å². The van der Waals surface area contributed by atoms with Crippen molar-refractivity contribution in [3.63, 3.8) is 0 Å². The van der Waals surface area contributed by atoms with Crippen LogP contribution in [0.2, 0.25) is 0 Å². The van der Waals surface area contributed by atoms with E-state index in [9.17, 15) is 0 Å². The first-order valence-corrected chi connectivity index (χ1v) is 10.2. The van der Waals surface area contributed by atoms with Crippen molar-refractivity contribution in [1.82, 2.24) is 15.6 Å². The Hall–Kier alpha value is -1.82. The normalized spacial score (nSPS) is 16.9. The van der Waals surface area contributed by atoms with Crippen molar-refractivity contribution >= 4 is 11.8 Å². The number of ether oxygens (including phenoxy) is 1. The van der Waals surface area contributed by atoms with E-state index < -0.39 is 0 Å². The summed E-state index contributed by atoms with van der Waals surface area (Å²) in [6.45, 7) is 15.9. The number of nitrogens with one attached hydrogen (secondary N) is 2. The summed E-state index contributed by atoms with van der Waals surface area (Å²) < 4.78 is 5.46. The maximum absolute atomic E-state index is 5.46. The number of hydrogen-bond donors (Lipinski definition) is 2. The molecule has 0 saturated carbocycles. The summed E-state index contributed by atoms with van der Waals surface area (Å²) in [7, 11) is 0. The molecule has 2 heterocycles. The third kappa shape index (κ3) is 7.75. The van der Waals surface area contributed by atoms with Gasteiger partial charge in [0, 0.05) is 37.4 Å². The van der Waals surface area contributed by atoms with Gasteiger partial charge in [0.2, 0.25) is 0 Å². The lowest BCUT2D eigenvalue weighted by Crippen LogP contribution is -2.42. The Bertz CT molecular complexity index is 590. The standard InChI is InChI=1S/C21H37N5O/c1-6-22-20(25-17(2)9-10-21(3,4)5)24-16-18-8-7-11-23-19(18)26-12-14-27-15-13-26/h7-8,11,17H,6,9-10,12-16H2,1-5H3,(H2,22,24,25). The SMILES string of the molecule is CCNC(=NCc1cccnc1N1CCOCC1)NC(C)CCC(C)(C)C. The number of hydrogen-bond acceptors (Lipinski definition) is 4. The number of rotatable bonds is 7. The average Bonchev–Trinajstić information content (AvgIpc) is 2.65. The highest BCUT2D eigenvalue weighted by Crippen LogP contribution is 2.22. The third-order valence-electron chi connectivity index (χ3n) is 4.64. The summed E-state index contributed by atoms with van der Waals surface area (Å²) in [4.78, 5) is 11.7. The fraction of sp³-hybridized carbons (Fsp3) is 0.714. The second-order valence-electron chi connectivity index (χ2n) is 8.43. The summed E-state index contributed by atoms with van der Waals surface area (Å²) in [6.07, 6.45) is 4.17. The highest BCUT2D eigenvalue weighted by Gasteiger charge is 2.16. The zero-order valence-corrected chi connectivity index (χ0v) is 17.7. The summed E-state index contributed by atoms with van der Waals surface area (Å²) in [5.74, 6) is 1.90. The number of morpholine rings is 1. The Morgan fingerprint density at radius 1 is 1.33 bits per heavy atom. The lowest BCUT2D eigenvalue weighted by Gasteiger charge is -2.29. The predicted octanol–water partition coefficient (Wildman–Crippen LogP) is 3.19. The highest BCUT2D eigenvalue weighted by atomic mass is 16.5. The van der Waals surface area contributed by atoms with Crippen molar-refractivity contribution in [2.75, 3.05) is 37.7 Å². The van der Waals surface area contributed by atoms with Gasteiger partial charge < -0.3 is 20.3 Å². The van der Waals surface area contributed by atoms with Crippen LogP contribution in [0.1, 0.15) is 53.0 Å². The Kier molecular flexibility index (Phi) is 8.35. The van der Waals surface area contributed by atoms with E-state index in [1.54, 1.807) is 0 Å². The van der Waals surface area contributed by atoms with Crippen LogP contribution in [0.15, 0.2) is 23.3 Å². The second kappa shape index (κ2) is 10.5. The molecule has 1 atom stereocenters. The van der Waals surface area contributed by atoms with Crippen LogP contribution in [-0.2, 0) is 11.3 Å². The molecule has 1 fully saturated rings. The van der Waals surface area contributed by atoms with E-state index in [0.717, 1.165) is 56.6 Å². The quantitative estimate of drug-likeness (QED) is 0.566. The van der Waals surface area contributed by atoms with E-state index in [1.807, 2.05) is 12.3 Å². The van der Waals surface area contributed by atoms with E-state index in [2.05, 4.69) is 61.2 Å². The monoisotopic (exact) mass is 375 g/mol. The fourth-order valence-electron chi connectivity index (χ4n) is 3.05. The molecule has 0 aromatic carbocycles. The van der Waals surface area contributed by atoms with Gasteiger partial charge in [0.1, 0.15) is 5.82 Å². The molecule has 1 aliphatic rings. The Morgan fingerprint density at radius 3 is 2.74 bits per heavy atom. The molecule has 1 aromatic heterocycles. The van der Waals surface area contributed by atoms with Gasteiger partial charge in [-0.1, -0.05) is 26.8 Å². The summed E-state index contributed by atoms with van der Waals surface area (Å²) in [5, 5.41) is 6.91. The van der Waals surface area contributed by atoms with Gasteiger partial charge in [0.05, 0.1) is 19.8 Å². The third-order valence-corrected chi connectivity index (χ3v) is 4.64. The van der Waals surface area contributed by atoms with E-state index in [4.69, 9.17) is 9.73 Å². The van der Waals surface area contributed by atoms with Crippen LogP contribution in [0, 0.1) is 5.41 Å². The molecule has 0 aliphatic carbocycles. The lowest BCUT2D eigenvalue weighted by atomic mass is 9.89. The molecule has 152 valence electrons. The first-order valence-electron chi connectivity index (χ1n) is 10.2. The molecule has 0 amide bonds. The number of pyridine rings is 1. The molecule has 2 N–H and O–H groups in total. The fourth-order valence-corrected chi connectivity index (χ4v) is 3.05. The van der Waals surface area contributed by atoms with Gasteiger partial charge in [-0.3, -0.25) is 0 Å². The molecule has 1 aromatic rings. The summed E-state index contributed by atoms with van der Waals surface area (Å²) in [6, 6.07) is 4.49. The van der Waals surface area contributed by atoms with Gasteiger partial charge in [0.25, 0.3) is 0 Å². The maximum atomic E-state index is 5.46. The molecule has 1 saturated heterocycles. The summed E-state index contributed by atoms with van der Waals surface area (Å²) in [5.41, 5.74) is 1.51. The Labute approximate surface area is 164 Å². The molecule has 2 rings (SSSR count). The number of aromatic nitrogens is 1. The molecule has 6 heteroatoms. The minimum atomic E-state index is 0.355. The van der Waals surface area contributed by atoms with Gasteiger partial charge in [-0.05, 0) is 38.2 Å². The molecule has 27 heavy (non-hydrogen) atoms. The van der Waals surface area contributed by atoms with Gasteiger partial charge in [-0.2, -0.15) is 0 Å². The van der Waals surface area contributed by atoms with E-state index in [1.165, 1.54) is 6.42 Å². The molecule has 0 spiro atoms. The van der Waals surface area contributed by atoms with Crippen LogP contribution in [0.5, 0.6) is 0 Å². The maximum Gasteiger partial charge on any atom is 0.191 e. The number of guanidine groups is 1. The molecule has 0 bridgehead atoms. The second-order valence-corrected chi connectivity index (χ2v) is 8.43. The van der Waals surface area contributed by atoms with Gasteiger partial charge >= 0.3 is 0 Å². The molecular formula is C21H37N5O. The van der Waals surface area contributed by atoms with Crippen molar-refractivity contribution in [1.29, 1.82) is 0 Å². The van der Waals surface area contributed by atoms with Crippen LogP contribution in [0.25, 0.3) is 0 Å². The smallest absolute Gasteiger partial charge is 0.191 e. The Morgan fingerprint density at radius 2 is 2.07 bits per heavy atom. The van der Waals surface area contributed by atoms with Crippen molar-refractivity contribution < 1.29 is 4.74 Å². The number of nitrogens with zero attached hydrogens (tertiary/aromatic N) is 3. The Balaban J connectivity index is 2.01. The molecule has 1 aliphatic heterocycles. The van der Waals surface area contributed by atoms with Crippen molar-refractivity contribution in [3.05, 3.63) is 23.9 Å². The average molecular weight is 376 g/mol. The van der Waals surface area contributed by atoms with Crippen molar-refractivity contribution in [2.45, 2.75) is 60.0 Å².